The maximum absolute atomic E-state index is 11.8. The first-order valence-corrected chi connectivity index (χ1v) is 6.61. The highest BCUT2D eigenvalue weighted by atomic mass is 16.4. The van der Waals surface area contributed by atoms with Gasteiger partial charge in [0.25, 0.3) is 0 Å². The minimum atomic E-state index is -0.970. The summed E-state index contributed by atoms with van der Waals surface area (Å²) in [6.45, 7) is 3.86. The van der Waals surface area contributed by atoms with Crippen LogP contribution in [0.3, 0.4) is 0 Å². The highest BCUT2D eigenvalue weighted by molar-refractivity contribution is 5.83. The average Bonchev–Trinajstić information content (AvgIpc) is 2.39. The van der Waals surface area contributed by atoms with Gasteiger partial charge in [0.15, 0.2) is 0 Å². The minimum Gasteiger partial charge on any atom is -0.480 e. The zero-order valence-electron chi connectivity index (χ0n) is 11.4. The summed E-state index contributed by atoms with van der Waals surface area (Å²) in [6.07, 6.45) is 1.49. The van der Waals surface area contributed by atoms with Gasteiger partial charge in [0.05, 0.1) is 0 Å². The van der Waals surface area contributed by atoms with Crippen molar-refractivity contribution >= 4 is 11.9 Å². The van der Waals surface area contributed by atoms with E-state index in [4.69, 9.17) is 5.11 Å². The standard InChI is InChI=1S/C15H21NO3/c1-3-7-13(15(18)19)16-14(17)10-11(2)12-8-5-4-6-9-12/h4-6,8-9,11,13H,3,7,10H2,1-2H3,(H,16,17)(H,18,19). The fraction of sp³-hybridized carbons (Fsp3) is 0.467. The second-order valence-electron chi connectivity index (χ2n) is 4.76. The van der Waals surface area contributed by atoms with Crippen molar-refractivity contribution in [3.63, 3.8) is 0 Å². The molecule has 19 heavy (non-hydrogen) atoms. The molecule has 0 saturated carbocycles. The topological polar surface area (TPSA) is 66.4 Å². The molecule has 0 spiro atoms. The molecule has 2 atom stereocenters. The van der Waals surface area contributed by atoms with Gasteiger partial charge >= 0.3 is 5.97 Å². The third-order valence-corrected chi connectivity index (χ3v) is 3.07. The Bertz CT molecular complexity index is 417. The van der Waals surface area contributed by atoms with E-state index in [0.29, 0.717) is 12.8 Å². The predicted octanol–water partition coefficient (Wildman–Crippen LogP) is 2.55. The minimum absolute atomic E-state index is 0.0808. The van der Waals surface area contributed by atoms with E-state index in [1.807, 2.05) is 44.2 Å². The van der Waals surface area contributed by atoms with E-state index in [-0.39, 0.29) is 11.8 Å². The summed E-state index contributed by atoms with van der Waals surface area (Å²) in [5.74, 6) is -1.10. The fourth-order valence-electron chi connectivity index (χ4n) is 1.98. The van der Waals surface area contributed by atoms with Gasteiger partial charge < -0.3 is 10.4 Å². The van der Waals surface area contributed by atoms with Crippen LogP contribution in [-0.2, 0) is 9.59 Å². The predicted molar refractivity (Wildman–Crippen MR) is 73.9 cm³/mol. The molecule has 0 aliphatic heterocycles. The summed E-state index contributed by atoms with van der Waals surface area (Å²) in [7, 11) is 0. The van der Waals surface area contributed by atoms with Crippen LogP contribution < -0.4 is 5.32 Å². The van der Waals surface area contributed by atoms with Crippen LogP contribution in [0.15, 0.2) is 30.3 Å². The molecular weight excluding hydrogens is 242 g/mol. The van der Waals surface area contributed by atoms with Crippen LogP contribution in [0.4, 0.5) is 0 Å². The third-order valence-electron chi connectivity index (χ3n) is 3.07. The van der Waals surface area contributed by atoms with Gasteiger partial charge in [0.2, 0.25) is 5.91 Å². The molecule has 1 aromatic carbocycles. The van der Waals surface area contributed by atoms with Crippen LogP contribution in [0.1, 0.15) is 44.6 Å². The number of rotatable bonds is 7. The zero-order valence-corrected chi connectivity index (χ0v) is 11.4. The van der Waals surface area contributed by atoms with Crippen molar-refractivity contribution < 1.29 is 14.7 Å². The van der Waals surface area contributed by atoms with Crippen molar-refractivity contribution in [2.24, 2.45) is 0 Å². The highest BCUT2D eigenvalue weighted by Crippen LogP contribution is 2.18. The molecule has 4 nitrogen and oxygen atoms in total. The van der Waals surface area contributed by atoms with E-state index in [2.05, 4.69) is 5.32 Å². The maximum Gasteiger partial charge on any atom is 0.326 e. The molecule has 2 N–H and O–H groups in total. The molecule has 0 aliphatic carbocycles. The van der Waals surface area contributed by atoms with Gasteiger partial charge in [-0.3, -0.25) is 4.79 Å². The van der Waals surface area contributed by atoms with Crippen LogP contribution in [0.2, 0.25) is 0 Å². The molecule has 0 radical (unpaired) electrons. The van der Waals surface area contributed by atoms with Crippen LogP contribution >= 0.6 is 0 Å². The Hall–Kier alpha value is -1.84. The maximum atomic E-state index is 11.8. The summed E-state index contributed by atoms with van der Waals surface area (Å²) in [4.78, 5) is 22.8. The van der Waals surface area contributed by atoms with Crippen molar-refractivity contribution in [3.8, 4) is 0 Å². The van der Waals surface area contributed by atoms with E-state index >= 15 is 0 Å². The molecule has 1 aromatic rings. The van der Waals surface area contributed by atoms with E-state index in [1.54, 1.807) is 0 Å². The monoisotopic (exact) mass is 263 g/mol. The Kier molecular flexibility index (Phi) is 6.06. The first-order valence-electron chi connectivity index (χ1n) is 6.61. The first kappa shape index (κ1) is 15.2. The average molecular weight is 263 g/mol. The Morgan fingerprint density at radius 1 is 1.26 bits per heavy atom. The lowest BCUT2D eigenvalue weighted by molar-refractivity contribution is -0.142. The number of carboxylic acids is 1. The number of hydrogen-bond acceptors (Lipinski definition) is 2. The number of nitrogens with one attached hydrogen (secondary N) is 1. The zero-order chi connectivity index (χ0) is 14.3. The van der Waals surface area contributed by atoms with Gasteiger partial charge in [-0.05, 0) is 17.9 Å². The van der Waals surface area contributed by atoms with Gasteiger partial charge in [-0.15, -0.1) is 0 Å². The first-order chi connectivity index (χ1) is 9.04. The van der Waals surface area contributed by atoms with Crippen LogP contribution in [0.5, 0.6) is 0 Å². The lowest BCUT2D eigenvalue weighted by atomic mass is 9.97. The van der Waals surface area contributed by atoms with Crippen LogP contribution in [0.25, 0.3) is 0 Å². The second-order valence-corrected chi connectivity index (χ2v) is 4.76. The van der Waals surface area contributed by atoms with E-state index in [1.165, 1.54) is 0 Å². The molecule has 2 unspecified atom stereocenters. The number of amides is 1. The molecule has 104 valence electrons. The molecule has 0 aromatic heterocycles. The van der Waals surface area contributed by atoms with Crippen molar-refractivity contribution in [2.75, 3.05) is 0 Å². The Morgan fingerprint density at radius 2 is 1.89 bits per heavy atom. The van der Waals surface area contributed by atoms with Crippen LogP contribution in [0, 0.1) is 0 Å². The van der Waals surface area contributed by atoms with Gasteiger partial charge in [-0.1, -0.05) is 50.6 Å². The Morgan fingerprint density at radius 3 is 2.42 bits per heavy atom. The quantitative estimate of drug-likeness (QED) is 0.794. The normalized spacial score (nSPS) is 13.6. The Labute approximate surface area is 113 Å². The molecule has 1 rings (SSSR count). The summed E-state index contributed by atoms with van der Waals surface area (Å²) >= 11 is 0. The SMILES string of the molecule is CCCC(NC(=O)CC(C)c1ccccc1)C(=O)O. The summed E-state index contributed by atoms with van der Waals surface area (Å²) < 4.78 is 0. The molecule has 0 saturated heterocycles. The smallest absolute Gasteiger partial charge is 0.326 e. The van der Waals surface area contributed by atoms with E-state index in [9.17, 15) is 9.59 Å². The van der Waals surface area contributed by atoms with Crippen molar-refractivity contribution in [2.45, 2.75) is 45.1 Å². The second kappa shape index (κ2) is 7.56. The fourth-order valence-corrected chi connectivity index (χ4v) is 1.98. The molecule has 0 fully saturated rings. The molecule has 0 aliphatic rings. The van der Waals surface area contributed by atoms with Crippen molar-refractivity contribution in [3.05, 3.63) is 35.9 Å². The summed E-state index contributed by atoms with van der Waals surface area (Å²) in [6, 6.07) is 8.96. The number of carbonyl (C=O) groups excluding carboxylic acids is 1. The number of carboxylic acid groups (broad SMARTS) is 1. The molecule has 0 bridgehead atoms. The van der Waals surface area contributed by atoms with Gasteiger partial charge in [-0.25, -0.2) is 4.79 Å². The number of hydrogen-bond donors (Lipinski definition) is 2. The number of carbonyl (C=O) groups is 2. The van der Waals surface area contributed by atoms with Crippen molar-refractivity contribution in [1.29, 1.82) is 0 Å². The van der Waals surface area contributed by atoms with Gasteiger partial charge in [0.1, 0.15) is 6.04 Å². The number of benzene rings is 1. The summed E-state index contributed by atoms with van der Waals surface area (Å²) in [5.41, 5.74) is 1.08. The largest absolute Gasteiger partial charge is 0.480 e. The Balaban J connectivity index is 2.52. The number of aliphatic carboxylic acids is 1. The molecule has 1 amide bonds. The van der Waals surface area contributed by atoms with E-state index < -0.39 is 12.0 Å². The van der Waals surface area contributed by atoms with Crippen molar-refractivity contribution in [1.82, 2.24) is 5.32 Å². The lowest BCUT2D eigenvalue weighted by Crippen LogP contribution is -2.40. The molecule has 4 heteroatoms. The lowest BCUT2D eigenvalue weighted by Gasteiger charge is -2.16. The highest BCUT2D eigenvalue weighted by Gasteiger charge is 2.20. The summed E-state index contributed by atoms with van der Waals surface area (Å²) in [5, 5.41) is 11.6. The molecule has 0 heterocycles. The van der Waals surface area contributed by atoms with Crippen LogP contribution in [-0.4, -0.2) is 23.0 Å². The van der Waals surface area contributed by atoms with Gasteiger partial charge in [-0.2, -0.15) is 0 Å². The third kappa shape index (κ3) is 5.12. The molecular formula is C15H21NO3. The van der Waals surface area contributed by atoms with Gasteiger partial charge in [0, 0.05) is 6.42 Å². The van der Waals surface area contributed by atoms with E-state index in [0.717, 1.165) is 12.0 Å².